The zero-order chi connectivity index (χ0) is 37.3. The summed E-state index contributed by atoms with van der Waals surface area (Å²) in [5.74, 6) is -3.98. The molecule has 0 saturated carbocycles. The minimum atomic E-state index is -4.72. The Morgan fingerprint density at radius 2 is 1.75 bits per heavy atom. The number of nitrogens with two attached hydrogens (primary N) is 1. The lowest BCUT2D eigenvalue weighted by Gasteiger charge is -2.32. The van der Waals surface area contributed by atoms with Gasteiger partial charge in [0, 0.05) is 60.0 Å². The second-order valence-electron chi connectivity index (χ2n) is 12.7. The maximum absolute atomic E-state index is 15.7. The van der Waals surface area contributed by atoms with Gasteiger partial charge in [-0.15, -0.1) is 0 Å². The van der Waals surface area contributed by atoms with Gasteiger partial charge >= 0.3 is 12.3 Å². The Morgan fingerprint density at radius 3 is 2.35 bits per heavy atom. The van der Waals surface area contributed by atoms with Crippen molar-refractivity contribution in [1.29, 1.82) is 0 Å². The van der Waals surface area contributed by atoms with E-state index in [0.29, 0.717) is 67.4 Å². The number of anilines is 1. The number of ether oxygens (including phenoxy) is 1. The van der Waals surface area contributed by atoms with Crippen LogP contribution >= 0.6 is 0 Å². The van der Waals surface area contributed by atoms with E-state index in [-0.39, 0.29) is 22.6 Å². The van der Waals surface area contributed by atoms with Crippen molar-refractivity contribution in [2.24, 2.45) is 10.7 Å². The van der Waals surface area contributed by atoms with Crippen LogP contribution in [-0.2, 0) is 20.9 Å². The molecular weight excluding hydrogens is 699 g/mol. The van der Waals surface area contributed by atoms with Gasteiger partial charge in [0.1, 0.15) is 17.1 Å². The molecule has 0 atom stereocenters. The van der Waals surface area contributed by atoms with Crippen LogP contribution in [0.1, 0.15) is 60.7 Å². The van der Waals surface area contributed by atoms with Crippen molar-refractivity contribution < 1.29 is 44.7 Å². The van der Waals surface area contributed by atoms with Crippen LogP contribution in [0.4, 0.5) is 32.4 Å². The Morgan fingerprint density at radius 1 is 1.08 bits per heavy atom. The molecule has 1 fully saturated rings. The van der Waals surface area contributed by atoms with Crippen LogP contribution in [0.15, 0.2) is 70.9 Å². The summed E-state index contributed by atoms with van der Waals surface area (Å²) in [7, 11) is -4.65. The zero-order valence-electron chi connectivity index (χ0n) is 27.5. The van der Waals surface area contributed by atoms with Crippen LogP contribution in [0.25, 0.3) is 16.6 Å². The highest BCUT2D eigenvalue weighted by Crippen LogP contribution is 2.32. The van der Waals surface area contributed by atoms with Gasteiger partial charge in [0.05, 0.1) is 27.8 Å². The molecule has 0 radical (unpaired) electrons. The SMILES string of the molecule is CC(C)(C)OC(=O)N1CCC(N=CC(=CN)c2cnc3[nH]cc(C(=O)c4c(F)ccc(NS(=O)(=O)c5ccc(C(F)(F)F)cc5)c4F)c3c2)CC1. The van der Waals surface area contributed by atoms with E-state index in [2.05, 4.69) is 15.0 Å². The number of benzene rings is 2. The van der Waals surface area contributed by atoms with Gasteiger partial charge in [0.25, 0.3) is 10.0 Å². The lowest BCUT2D eigenvalue weighted by atomic mass is 10.00. The molecule has 5 rings (SSSR count). The van der Waals surface area contributed by atoms with Crippen LogP contribution < -0.4 is 10.5 Å². The molecule has 1 saturated heterocycles. The number of nitrogens with zero attached hydrogens (tertiary/aromatic N) is 3. The predicted octanol–water partition coefficient (Wildman–Crippen LogP) is 6.66. The molecule has 1 amide bonds. The molecule has 0 unspecified atom stereocenters. The fourth-order valence-corrected chi connectivity index (χ4v) is 6.33. The summed E-state index contributed by atoms with van der Waals surface area (Å²) in [6, 6.07) is 5.28. The Kier molecular flexibility index (Phi) is 10.2. The van der Waals surface area contributed by atoms with Gasteiger partial charge in [0.2, 0.25) is 5.78 Å². The number of allylic oxidation sites excluding steroid dienone is 1. The molecule has 2 aromatic carbocycles. The average molecular weight is 733 g/mol. The number of aromatic amines is 1. The molecule has 4 aromatic rings. The van der Waals surface area contributed by atoms with Crippen LogP contribution in [-0.4, -0.2) is 66.1 Å². The number of likely N-dealkylation sites (tertiary alicyclic amines) is 1. The van der Waals surface area contributed by atoms with Crippen molar-refractivity contribution in [3.05, 3.63) is 94.9 Å². The van der Waals surface area contributed by atoms with Crippen molar-refractivity contribution in [2.75, 3.05) is 17.8 Å². The molecule has 4 N–H and O–H groups in total. The van der Waals surface area contributed by atoms with Gasteiger partial charge < -0.3 is 20.4 Å². The minimum absolute atomic E-state index is 0.116. The van der Waals surface area contributed by atoms with Gasteiger partial charge in [-0.1, -0.05) is 0 Å². The Balaban J connectivity index is 1.35. The number of fused-ring (bicyclic) bond motifs is 1. The van der Waals surface area contributed by atoms with Crippen molar-refractivity contribution >= 4 is 50.4 Å². The summed E-state index contributed by atoms with van der Waals surface area (Å²) in [4.78, 5) is 38.6. The summed E-state index contributed by atoms with van der Waals surface area (Å²) < 4.78 is 102. The number of nitrogens with one attached hydrogen (secondary N) is 2. The molecule has 51 heavy (non-hydrogen) atoms. The highest BCUT2D eigenvalue weighted by atomic mass is 32.2. The van der Waals surface area contributed by atoms with E-state index < -0.39 is 67.0 Å². The molecular formula is C34H33F5N6O5S. The number of amides is 1. The largest absolute Gasteiger partial charge is 0.444 e. The number of hydrogen-bond acceptors (Lipinski definition) is 8. The number of pyridine rings is 1. The van der Waals surface area contributed by atoms with Crippen molar-refractivity contribution in [3.63, 3.8) is 0 Å². The number of ketones is 1. The average Bonchev–Trinajstić information content (AvgIpc) is 3.49. The standard InChI is InChI=1S/C34H33F5N6O5S/c1-33(2,3)50-32(47)45-12-10-22(11-13-45)41-17-20(15-40)19-14-24-25(18-43-31(24)42-16-19)30(46)28-26(35)8-9-27(29(28)36)44-51(48,49)23-6-4-21(5-7-23)34(37,38)39/h4-9,14-18,22,44H,10-13,40H2,1-3H3,(H,42,43). The van der Waals surface area contributed by atoms with E-state index in [1.165, 1.54) is 30.9 Å². The lowest BCUT2D eigenvalue weighted by molar-refractivity contribution is -0.137. The van der Waals surface area contributed by atoms with Crippen molar-refractivity contribution in [2.45, 2.75) is 56.3 Å². The van der Waals surface area contributed by atoms with Gasteiger partial charge in [-0.05, 0) is 76.1 Å². The fraction of sp³-hybridized carbons (Fsp3) is 0.294. The van der Waals surface area contributed by atoms with E-state index in [9.17, 15) is 31.2 Å². The molecule has 1 aliphatic rings. The van der Waals surface area contributed by atoms with Crippen LogP contribution in [0.5, 0.6) is 0 Å². The first-order valence-electron chi connectivity index (χ1n) is 15.5. The molecule has 17 heteroatoms. The number of hydrogen-bond donors (Lipinski definition) is 3. The minimum Gasteiger partial charge on any atom is -0.444 e. The van der Waals surface area contributed by atoms with Gasteiger partial charge in [-0.3, -0.25) is 14.5 Å². The predicted molar refractivity (Wildman–Crippen MR) is 180 cm³/mol. The van der Waals surface area contributed by atoms with Crippen molar-refractivity contribution in [1.82, 2.24) is 14.9 Å². The van der Waals surface area contributed by atoms with E-state index in [4.69, 9.17) is 10.5 Å². The van der Waals surface area contributed by atoms with E-state index in [0.717, 1.165) is 6.07 Å². The third-order valence-corrected chi connectivity index (χ3v) is 9.27. The third-order valence-electron chi connectivity index (χ3n) is 7.88. The maximum atomic E-state index is 15.7. The number of alkyl halides is 3. The van der Waals surface area contributed by atoms with E-state index in [1.807, 2.05) is 4.72 Å². The number of carbonyl (C=O) groups excluding carboxylic acids is 2. The van der Waals surface area contributed by atoms with Crippen molar-refractivity contribution in [3.8, 4) is 0 Å². The lowest BCUT2D eigenvalue weighted by Crippen LogP contribution is -2.42. The molecule has 0 spiro atoms. The molecule has 2 aromatic heterocycles. The van der Waals surface area contributed by atoms with Crippen LogP contribution in [0.2, 0.25) is 0 Å². The highest BCUT2D eigenvalue weighted by molar-refractivity contribution is 7.92. The van der Waals surface area contributed by atoms with E-state index in [1.54, 1.807) is 25.7 Å². The number of piperidine rings is 1. The van der Waals surface area contributed by atoms with Gasteiger partial charge in [-0.2, -0.15) is 13.2 Å². The van der Waals surface area contributed by atoms with Gasteiger partial charge in [-0.25, -0.2) is 27.0 Å². The fourth-order valence-electron chi connectivity index (χ4n) is 5.27. The zero-order valence-corrected chi connectivity index (χ0v) is 28.3. The maximum Gasteiger partial charge on any atom is 0.416 e. The highest BCUT2D eigenvalue weighted by Gasteiger charge is 2.32. The number of sulfonamides is 1. The Labute approximate surface area is 289 Å². The summed E-state index contributed by atoms with van der Waals surface area (Å²) in [5, 5.41) is 0.172. The third kappa shape index (κ3) is 8.36. The number of H-pyrrole nitrogens is 1. The first kappa shape index (κ1) is 36.9. The van der Waals surface area contributed by atoms with Crippen LogP contribution in [0, 0.1) is 11.6 Å². The first-order valence-corrected chi connectivity index (χ1v) is 17.0. The monoisotopic (exact) mass is 732 g/mol. The Hall–Kier alpha value is -5.32. The first-order chi connectivity index (χ1) is 23.9. The number of aromatic nitrogens is 2. The molecule has 3 heterocycles. The molecule has 11 nitrogen and oxygen atoms in total. The number of carbonyl (C=O) groups is 2. The smallest absolute Gasteiger partial charge is 0.416 e. The molecule has 0 aliphatic carbocycles. The molecule has 1 aliphatic heterocycles. The van der Waals surface area contributed by atoms with Gasteiger partial charge in [0.15, 0.2) is 5.82 Å². The summed E-state index contributed by atoms with van der Waals surface area (Å²) in [6.45, 7) is 6.28. The summed E-state index contributed by atoms with van der Waals surface area (Å²) in [6.07, 6.45) is 1.52. The summed E-state index contributed by atoms with van der Waals surface area (Å²) in [5.41, 5.74) is 3.15. The Bertz CT molecular complexity index is 2130. The normalized spacial score (nSPS) is 15.1. The summed E-state index contributed by atoms with van der Waals surface area (Å²) >= 11 is 0. The number of aliphatic imine (C=N–C) groups is 1. The molecule has 270 valence electrons. The van der Waals surface area contributed by atoms with E-state index >= 15 is 8.78 Å². The van der Waals surface area contributed by atoms with Crippen LogP contribution in [0.3, 0.4) is 0 Å². The number of halogens is 5. The second-order valence-corrected chi connectivity index (χ2v) is 14.3. The molecule has 0 bridgehead atoms. The topological polar surface area (TPSA) is 160 Å². The second kappa shape index (κ2) is 14.1. The number of rotatable bonds is 8. The quantitative estimate of drug-likeness (QED) is 0.104.